The van der Waals surface area contributed by atoms with Gasteiger partial charge in [0, 0.05) is 13.0 Å². The van der Waals surface area contributed by atoms with E-state index in [9.17, 15) is 9.59 Å². The third-order valence-corrected chi connectivity index (χ3v) is 6.92. The summed E-state index contributed by atoms with van der Waals surface area (Å²) in [6.45, 7) is 0.797. The lowest BCUT2D eigenvalue weighted by Crippen LogP contribution is -2.50. The number of likely N-dealkylation sites (tertiary alicyclic amines) is 1. The number of hydrogen-bond donors (Lipinski definition) is 0. The average molecular weight is 502 g/mol. The number of piperidine rings is 1. The Hall–Kier alpha value is -3.80. The zero-order valence-electron chi connectivity index (χ0n) is 21.6. The standard InChI is InChI=1S/C31H35NO5/c1-35-28-17-16-24(22-29(28)36-2)18-20-37-31(34)27-15-9-10-19-32(27)30(33)26(25-13-7-4-8-14-25)21-23-11-5-3-6-12-23/h3-8,11-14,16-17,22,26-27H,9-10,15,18-21H2,1-2H3. The van der Waals surface area contributed by atoms with Crippen molar-refractivity contribution in [1.29, 1.82) is 0 Å². The van der Waals surface area contributed by atoms with Crippen molar-refractivity contribution in [2.75, 3.05) is 27.4 Å². The summed E-state index contributed by atoms with van der Waals surface area (Å²) < 4.78 is 16.3. The first kappa shape index (κ1) is 26.3. The molecule has 1 fully saturated rings. The summed E-state index contributed by atoms with van der Waals surface area (Å²) >= 11 is 0. The number of rotatable bonds is 10. The molecule has 2 unspecified atom stereocenters. The Labute approximate surface area is 219 Å². The number of nitrogens with zero attached hydrogens (tertiary/aromatic N) is 1. The fraction of sp³-hybridized carbons (Fsp3) is 0.355. The average Bonchev–Trinajstić information content (AvgIpc) is 2.96. The van der Waals surface area contributed by atoms with Gasteiger partial charge in [0.2, 0.25) is 5.91 Å². The Kier molecular flexibility index (Phi) is 9.19. The van der Waals surface area contributed by atoms with Crippen LogP contribution in [0.1, 0.15) is 41.9 Å². The Balaban J connectivity index is 1.45. The van der Waals surface area contributed by atoms with E-state index in [4.69, 9.17) is 14.2 Å². The van der Waals surface area contributed by atoms with Gasteiger partial charge in [-0.2, -0.15) is 0 Å². The molecule has 0 aromatic heterocycles. The number of benzene rings is 3. The molecular weight excluding hydrogens is 466 g/mol. The van der Waals surface area contributed by atoms with Gasteiger partial charge in [-0.05, 0) is 54.5 Å². The van der Waals surface area contributed by atoms with Crippen molar-refractivity contribution in [1.82, 2.24) is 4.90 Å². The van der Waals surface area contributed by atoms with Gasteiger partial charge in [0.25, 0.3) is 0 Å². The summed E-state index contributed by atoms with van der Waals surface area (Å²) in [6.07, 6.45) is 3.53. The minimum absolute atomic E-state index is 0.0170. The second kappa shape index (κ2) is 12.9. The van der Waals surface area contributed by atoms with Crippen LogP contribution in [0.5, 0.6) is 11.5 Å². The third kappa shape index (κ3) is 6.70. The quantitative estimate of drug-likeness (QED) is 0.358. The Bertz CT molecular complexity index is 1160. The van der Waals surface area contributed by atoms with E-state index in [0.717, 1.165) is 29.5 Å². The van der Waals surface area contributed by atoms with Crippen molar-refractivity contribution >= 4 is 11.9 Å². The first-order valence-corrected chi connectivity index (χ1v) is 12.9. The van der Waals surface area contributed by atoms with Crippen LogP contribution in [0, 0.1) is 0 Å². The molecule has 0 saturated carbocycles. The lowest BCUT2D eigenvalue weighted by atomic mass is 9.89. The zero-order valence-corrected chi connectivity index (χ0v) is 21.6. The van der Waals surface area contributed by atoms with Gasteiger partial charge in [0.1, 0.15) is 6.04 Å². The van der Waals surface area contributed by atoms with E-state index in [0.29, 0.717) is 37.3 Å². The number of ether oxygens (including phenoxy) is 3. The van der Waals surface area contributed by atoms with Crippen molar-refractivity contribution < 1.29 is 23.8 Å². The number of carbonyl (C=O) groups excluding carboxylic acids is 2. The maximum atomic E-state index is 13.9. The highest BCUT2D eigenvalue weighted by atomic mass is 16.5. The Morgan fingerprint density at radius 1 is 0.865 bits per heavy atom. The highest BCUT2D eigenvalue weighted by molar-refractivity contribution is 5.89. The van der Waals surface area contributed by atoms with E-state index in [-0.39, 0.29) is 24.4 Å². The van der Waals surface area contributed by atoms with E-state index >= 15 is 0 Å². The maximum Gasteiger partial charge on any atom is 0.328 e. The van der Waals surface area contributed by atoms with Crippen LogP contribution in [0.25, 0.3) is 0 Å². The van der Waals surface area contributed by atoms with Crippen LogP contribution in [0.15, 0.2) is 78.9 Å². The van der Waals surface area contributed by atoms with Crippen molar-refractivity contribution in [2.45, 2.75) is 44.1 Å². The summed E-state index contributed by atoms with van der Waals surface area (Å²) in [4.78, 5) is 28.9. The molecule has 194 valence electrons. The first-order chi connectivity index (χ1) is 18.1. The minimum Gasteiger partial charge on any atom is -0.493 e. The van der Waals surface area contributed by atoms with Crippen LogP contribution in [0.2, 0.25) is 0 Å². The number of esters is 1. The van der Waals surface area contributed by atoms with Crippen molar-refractivity contribution in [3.63, 3.8) is 0 Å². The van der Waals surface area contributed by atoms with E-state index in [2.05, 4.69) is 0 Å². The van der Waals surface area contributed by atoms with Gasteiger partial charge in [-0.3, -0.25) is 4.79 Å². The molecule has 0 N–H and O–H groups in total. The lowest BCUT2D eigenvalue weighted by Gasteiger charge is -2.36. The summed E-state index contributed by atoms with van der Waals surface area (Å²) in [6, 6.07) is 25.0. The predicted molar refractivity (Wildman–Crippen MR) is 143 cm³/mol. The molecule has 6 heteroatoms. The van der Waals surface area contributed by atoms with Crippen LogP contribution in [0.4, 0.5) is 0 Å². The fourth-order valence-electron chi connectivity index (χ4n) is 4.93. The molecule has 37 heavy (non-hydrogen) atoms. The zero-order chi connectivity index (χ0) is 26.0. The van der Waals surface area contributed by atoms with Crippen LogP contribution >= 0.6 is 0 Å². The number of methoxy groups -OCH3 is 2. The molecule has 0 bridgehead atoms. The summed E-state index contributed by atoms with van der Waals surface area (Å²) in [5, 5.41) is 0. The lowest BCUT2D eigenvalue weighted by molar-refractivity contribution is -0.157. The maximum absolute atomic E-state index is 13.9. The predicted octanol–water partition coefficient (Wildman–Crippen LogP) is 5.20. The molecule has 1 saturated heterocycles. The largest absolute Gasteiger partial charge is 0.493 e. The normalized spacial score (nSPS) is 16.1. The molecule has 1 aliphatic rings. The van der Waals surface area contributed by atoms with Gasteiger partial charge in [-0.1, -0.05) is 66.7 Å². The monoisotopic (exact) mass is 501 g/mol. The molecule has 1 heterocycles. The van der Waals surface area contributed by atoms with Crippen molar-refractivity contribution in [3.05, 3.63) is 95.6 Å². The molecule has 6 nitrogen and oxygen atoms in total. The van der Waals surface area contributed by atoms with E-state index in [1.165, 1.54) is 0 Å². The minimum atomic E-state index is -0.561. The van der Waals surface area contributed by atoms with Gasteiger partial charge in [0.05, 0.1) is 26.7 Å². The summed E-state index contributed by atoms with van der Waals surface area (Å²) in [5.41, 5.74) is 3.03. The number of hydrogen-bond acceptors (Lipinski definition) is 5. The molecule has 0 aliphatic carbocycles. The van der Waals surface area contributed by atoms with Gasteiger partial charge < -0.3 is 19.1 Å². The van der Waals surface area contributed by atoms with E-state index in [1.807, 2.05) is 78.9 Å². The summed E-state index contributed by atoms with van der Waals surface area (Å²) in [5.74, 6) is 0.587. The second-order valence-electron chi connectivity index (χ2n) is 9.30. The van der Waals surface area contributed by atoms with Gasteiger partial charge in [-0.15, -0.1) is 0 Å². The molecule has 1 amide bonds. The molecule has 0 radical (unpaired) electrons. The first-order valence-electron chi connectivity index (χ1n) is 12.9. The van der Waals surface area contributed by atoms with E-state index in [1.54, 1.807) is 19.1 Å². The number of carbonyl (C=O) groups is 2. The van der Waals surface area contributed by atoms with Crippen molar-refractivity contribution in [2.24, 2.45) is 0 Å². The van der Waals surface area contributed by atoms with E-state index < -0.39 is 6.04 Å². The molecule has 1 aliphatic heterocycles. The molecule has 3 aromatic carbocycles. The van der Waals surface area contributed by atoms with Crippen LogP contribution < -0.4 is 9.47 Å². The van der Waals surface area contributed by atoms with Crippen LogP contribution in [-0.4, -0.2) is 50.2 Å². The number of amides is 1. The fourth-order valence-corrected chi connectivity index (χ4v) is 4.93. The molecular formula is C31H35NO5. The van der Waals surface area contributed by atoms with Gasteiger partial charge in [-0.25, -0.2) is 4.79 Å². The molecule has 2 atom stereocenters. The molecule has 3 aromatic rings. The van der Waals surface area contributed by atoms with Gasteiger partial charge >= 0.3 is 5.97 Å². The smallest absolute Gasteiger partial charge is 0.328 e. The highest BCUT2D eigenvalue weighted by Crippen LogP contribution is 2.29. The topological polar surface area (TPSA) is 65.1 Å². The molecule has 0 spiro atoms. The van der Waals surface area contributed by atoms with Crippen LogP contribution in [-0.2, 0) is 27.2 Å². The van der Waals surface area contributed by atoms with Gasteiger partial charge in [0.15, 0.2) is 11.5 Å². The Morgan fingerprint density at radius 2 is 1.57 bits per heavy atom. The SMILES string of the molecule is COc1ccc(CCOC(=O)C2CCCCN2C(=O)C(Cc2ccccc2)c2ccccc2)cc1OC. The molecule has 4 rings (SSSR count). The van der Waals surface area contributed by atoms with Crippen molar-refractivity contribution in [3.8, 4) is 11.5 Å². The Morgan fingerprint density at radius 3 is 2.27 bits per heavy atom. The summed E-state index contributed by atoms with van der Waals surface area (Å²) in [7, 11) is 3.19. The van der Waals surface area contributed by atoms with Crippen LogP contribution in [0.3, 0.4) is 0 Å². The second-order valence-corrected chi connectivity index (χ2v) is 9.30. The highest BCUT2D eigenvalue weighted by Gasteiger charge is 2.37. The third-order valence-electron chi connectivity index (χ3n) is 6.92.